The molecule has 2 aliphatic heterocycles. The SMILES string of the molecule is C(CCN1CCCCC1)=C1c2ccccc2Sc2ncccc21. The molecule has 4 rings (SSSR count). The number of piperidine rings is 1. The van der Waals surface area contributed by atoms with Crippen LogP contribution in [0.4, 0.5) is 0 Å². The first kappa shape index (κ1) is 15.0. The van der Waals surface area contributed by atoms with Gasteiger partial charge in [-0.2, -0.15) is 0 Å². The summed E-state index contributed by atoms with van der Waals surface area (Å²) in [5.41, 5.74) is 4.01. The van der Waals surface area contributed by atoms with Gasteiger partial charge in [-0.15, -0.1) is 0 Å². The lowest BCUT2D eigenvalue weighted by molar-refractivity contribution is 0.233. The predicted octanol–water partition coefficient (Wildman–Crippen LogP) is 4.85. The van der Waals surface area contributed by atoms with E-state index >= 15 is 0 Å². The maximum Gasteiger partial charge on any atom is 0.109 e. The maximum absolute atomic E-state index is 4.58. The standard InChI is InChI=1S/C20H22N2S/c1-4-13-22(14-5-1)15-7-10-16-17-8-2-3-11-19(17)23-20-18(16)9-6-12-21-20/h2-3,6,8-12H,1,4-5,7,13-15H2. The molecule has 0 atom stereocenters. The van der Waals surface area contributed by atoms with Crippen molar-refractivity contribution in [3.63, 3.8) is 0 Å². The first-order valence-electron chi connectivity index (χ1n) is 8.57. The Morgan fingerprint density at radius 2 is 1.83 bits per heavy atom. The minimum atomic E-state index is 1.11. The Morgan fingerprint density at radius 3 is 2.74 bits per heavy atom. The monoisotopic (exact) mass is 322 g/mol. The third kappa shape index (κ3) is 3.22. The molecule has 0 aliphatic carbocycles. The molecule has 1 aromatic heterocycles. The fourth-order valence-corrected chi connectivity index (χ4v) is 4.54. The number of nitrogens with zero attached hydrogens (tertiary/aromatic N) is 2. The van der Waals surface area contributed by atoms with Crippen molar-refractivity contribution in [2.75, 3.05) is 19.6 Å². The summed E-state index contributed by atoms with van der Waals surface area (Å²) in [7, 11) is 0. The van der Waals surface area contributed by atoms with E-state index in [1.807, 2.05) is 12.3 Å². The first-order valence-corrected chi connectivity index (χ1v) is 9.38. The zero-order valence-corrected chi connectivity index (χ0v) is 14.2. The lowest BCUT2D eigenvalue weighted by Crippen LogP contribution is -2.30. The van der Waals surface area contributed by atoms with Gasteiger partial charge in [-0.05, 0) is 55.6 Å². The molecule has 0 N–H and O–H groups in total. The van der Waals surface area contributed by atoms with Crippen LogP contribution in [0.2, 0.25) is 0 Å². The van der Waals surface area contributed by atoms with E-state index in [9.17, 15) is 0 Å². The average molecular weight is 322 g/mol. The Morgan fingerprint density at radius 1 is 1.00 bits per heavy atom. The van der Waals surface area contributed by atoms with Crippen molar-refractivity contribution in [3.05, 3.63) is 59.8 Å². The van der Waals surface area contributed by atoms with Gasteiger partial charge in [0, 0.05) is 23.2 Å². The zero-order valence-electron chi connectivity index (χ0n) is 13.4. The number of pyridine rings is 1. The van der Waals surface area contributed by atoms with Crippen LogP contribution < -0.4 is 0 Å². The lowest BCUT2D eigenvalue weighted by Gasteiger charge is -2.26. The molecule has 3 heterocycles. The van der Waals surface area contributed by atoms with E-state index < -0.39 is 0 Å². The number of likely N-dealkylation sites (tertiary alicyclic amines) is 1. The van der Waals surface area contributed by atoms with Crippen molar-refractivity contribution < 1.29 is 0 Å². The van der Waals surface area contributed by atoms with Crippen LogP contribution in [0.5, 0.6) is 0 Å². The fourth-order valence-electron chi connectivity index (χ4n) is 3.50. The normalized spacial score (nSPS) is 19.4. The number of hydrogen-bond donors (Lipinski definition) is 0. The largest absolute Gasteiger partial charge is 0.303 e. The summed E-state index contributed by atoms with van der Waals surface area (Å²) in [6, 6.07) is 13.0. The summed E-state index contributed by atoms with van der Waals surface area (Å²) >= 11 is 1.79. The fraction of sp³-hybridized carbons (Fsp3) is 0.350. The Bertz CT molecular complexity index is 670. The van der Waals surface area contributed by atoms with Gasteiger partial charge in [-0.1, -0.05) is 48.5 Å². The quantitative estimate of drug-likeness (QED) is 0.685. The molecule has 0 unspecified atom stereocenters. The highest BCUT2D eigenvalue weighted by Gasteiger charge is 2.21. The van der Waals surface area contributed by atoms with Crippen molar-refractivity contribution in [1.29, 1.82) is 0 Å². The molecule has 23 heavy (non-hydrogen) atoms. The van der Waals surface area contributed by atoms with Crippen LogP contribution in [0.1, 0.15) is 36.8 Å². The molecule has 2 aromatic rings. The third-order valence-corrected chi connectivity index (χ3v) is 5.78. The smallest absolute Gasteiger partial charge is 0.109 e. The number of fused-ring (bicyclic) bond motifs is 2. The molecule has 2 nitrogen and oxygen atoms in total. The number of hydrogen-bond acceptors (Lipinski definition) is 3. The van der Waals surface area contributed by atoms with E-state index in [1.54, 1.807) is 11.8 Å². The van der Waals surface area contributed by atoms with Gasteiger partial charge in [0.1, 0.15) is 5.03 Å². The molecular formula is C20H22N2S. The van der Waals surface area contributed by atoms with Crippen LogP contribution in [0, 0.1) is 0 Å². The molecule has 2 aliphatic rings. The highest BCUT2D eigenvalue weighted by molar-refractivity contribution is 7.99. The van der Waals surface area contributed by atoms with Crippen molar-refractivity contribution in [2.24, 2.45) is 0 Å². The Balaban J connectivity index is 1.60. The number of rotatable bonds is 3. The van der Waals surface area contributed by atoms with Gasteiger partial charge in [0.2, 0.25) is 0 Å². The lowest BCUT2D eigenvalue weighted by atomic mass is 9.97. The molecule has 1 fully saturated rings. The molecule has 0 bridgehead atoms. The Hall–Kier alpha value is -1.58. The van der Waals surface area contributed by atoms with E-state index in [2.05, 4.69) is 46.3 Å². The molecule has 0 radical (unpaired) electrons. The summed E-state index contributed by atoms with van der Waals surface area (Å²) in [5.74, 6) is 0. The molecular weight excluding hydrogens is 300 g/mol. The highest BCUT2D eigenvalue weighted by Crippen LogP contribution is 2.44. The summed E-state index contributed by atoms with van der Waals surface area (Å²) in [5, 5.41) is 1.13. The summed E-state index contributed by atoms with van der Waals surface area (Å²) in [6.07, 6.45) is 9.56. The highest BCUT2D eigenvalue weighted by atomic mass is 32.2. The molecule has 0 saturated carbocycles. The molecule has 3 heteroatoms. The van der Waals surface area contributed by atoms with Crippen molar-refractivity contribution >= 4 is 17.3 Å². The van der Waals surface area contributed by atoms with Crippen molar-refractivity contribution in [3.8, 4) is 0 Å². The van der Waals surface area contributed by atoms with Crippen molar-refractivity contribution in [2.45, 2.75) is 35.6 Å². The van der Waals surface area contributed by atoms with Crippen LogP contribution in [-0.2, 0) is 0 Å². The average Bonchev–Trinajstić information content (AvgIpc) is 2.62. The van der Waals surface area contributed by atoms with E-state index in [0.717, 1.165) is 11.4 Å². The summed E-state index contributed by atoms with van der Waals surface area (Å²) in [6.45, 7) is 3.72. The van der Waals surface area contributed by atoms with Gasteiger partial charge >= 0.3 is 0 Å². The zero-order chi connectivity index (χ0) is 15.5. The Kier molecular flexibility index (Phi) is 4.49. The third-order valence-electron chi connectivity index (χ3n) is 4.69. The van der Waals surface area contributed by atoms with Crippen LogP contribution >= 0.6 is 11.8 Å². The molecule has 1 aromatic carbocycles. The molecule has 0 spiro atoms. The van der Waals surface area contributed by atoms with Crippen LogP contribution in [0.25, 0.3) is 5.57 Å². The van der Waals surface area contributed by atoms with Gasteiger partial charge < -0.3 is 4.90 Å². The van der Waals surface area contributed by atoms with Gasteiger partial charge in [0.05, 0.1) is 0 Å². The topological polar surface area (TPSA) is 16.1 Å². The second-order valence-electron chi connectivity index (χ2n) is 6.26. The minimum absolute atomic E-state index is 1.11. The summed E-state index contributed by atoms with van der Waals surface area (Å²) in [4.78, 5) is 8.51. The molecule has 0 amide bonds. The second-order valence-corrected chi connectivity index (χ2v) is 7.29. The van der Waals surface area contributed by atoms with E-state index in [-0.39, 0.29) is 0 Å². The van der Waals surface area contributed by atoms with Crippen LogP contribution in [0.3, 0.4) is 0 Å². The van der Waals surface area contributed by atoms with Crippen LogP contribution in [0.15, 0.2) is 58.6 Å². The van der Waals surface area contributed by atoms with E-state index in [1.165, 1.54) is 60.5 Å². The first-order chi connectivity index (χ1) is 11.4. The van der Waals surface area contributed by atoms with Gasteiger partial charge in [-0.25, -0.2) is 4.98 Å². The minimum Gasteiger partial charge on any atom is -0.303 e. The maximum atomic E-state index is 4.58. The van der Waals surface area contributed by atoms with Gasteiger partial charge in [-0.3, -0.25) is 0 Å². The number of aromatic nitrogens is 1. The molecule has 1 saturated heterocycles. The number of benzene rings is 1. The van der Waals surface area contributed by atoms with E-state index in [0.29, 0.717) is 0 Å². The predicted molar refractivity (Wildman–Crippen MR) is 96.8 cm³/mol. The van der Waals surface area contributed by atoms with E-state index in [4.69, 9.17) is 0 Å². The second kappa shape index (κ2) is 6.90. The Labute approximate surface area is 142 Å². The van der Waals surface area contributed by atoms with Crippen molar-refractivity contribution in [1.82, 2.24) is 9.88 Å². The van der Waals surface area contributed by atoms with Gasteiger partial charge in [0.15, 0.2) is 0 Å². The van der Waals surface area contributed by atoms with Crippen LogP contribution in [-0.4, -0.2) is 29.5 Å². The molecule has 118 valence electrons. The van der Waals surface area contributed by atoms with Gasteiger partial charge in [0.25, 0.3) is 0 Å². The summed E-state index contributed by atoms with van der Waals surface area (Å²) < 4.78 is 0.